The minimum Gasteiger partial charge on any atom is -0.511 e. The van der Waals surface area contributed by atoms with E-state index < -0.39 is 7.32 Å². The monoisotopic (exact) mass is 186 g/mol. The maximum atomic E-state index is 8.93. The van der Waals surface area contributed by atoms with Gasteiger partial charge in [-0.1, -0.05) is 23.7 Å². The molecule has 0 saturated heterocycles. The topological polar surface area (TPSA) is 38.7 Å². The van der Waals surface area contributed by atoms with Crippen LogP contribution in [0.15, 0.2) is 24.3 Å². The first-order valence-electron chi connectivity index (χ1n) is 3.36. The number of hydrogen-bond donors (Lipinski definition) is 1. The van der Waals surface area contributed by atoms with Crippen molar-refractivity contribution in [1.29, 1.82) is 0 Å². The molecule has 0 spiro atoms. The van der Waals surface area contributed by atoms with Crippen molar-refractivity contribution in [1.82, 2.24) is 0 Å². The fraction of sp³-hybridized carbons (Fsp3) is 0.143. The quantitative estimate of drug-likeness (QED) is 0.724. The third kappa shape index (κ3) is 2.41. The molecule has 0 aliphatic carbocycles. The molecule has 0 unspecified atom stereocenters. The Balaban J connectivity index is 2.69. The van der Waals surface area contributed by atoms with Crippen LogP contribution in [0.2, 0.25) is 5.02 Å². The molecule has 0 saturated carbocycles. The Kier molecular flexibility index (Phi) is 3.40. The Morgan fingerprint density at radius 2 is 2.08 bits per heavy atom. The van der Waals surface area contributed by atoms with E-state index in [1.54, 1.807) is 24.3 Å². The van der Waals surface area contributed by atoms with E-state index in [9.17, 15) is 0 Å². The Labute approximate surface area is 76.0 Å². The third-order valence-electron chi connectivity index (χ3n) is 1.27. The summed E-state index contributed by atoms with van der Waals surface area (Å²) in [4.78, 5) is 0. The first-order valence-corrected chi connectivity index (χ1v) is 3.74. The summed E-state index contributed by atoms with van der Waals surface area (Å²) in [5.41, 5.74) is 0. The Morgan fingerprint density at radius 3 is 2.67 bits per heavy atom. The summed E-state index contributed by atoms with van der Waals surface area (Å²) in [5.74, 6) is 0.397. The summed E-state index contributed by atoms with van der Waals surface area (Å²) in [6, 6.07) is 6.84. The molecular formula is C7H8BClO3. The average molecular weight is 186 g/mol. The van der Waals surface area contributed by atoms with Gasteiger partial charge in [-0.05, 0) is 12.1 Å². The zero-order chi connectivity index (χ0) is 8.97. The lowest BCUT2D eigenvalue weighted by atomic mass is 10.2. The largest absolute Gasteiger partial charge is 0.710 e. The summed E-state index contributed by atoms with van der Waals surface area (Å²) < 4.78 is 9.38. The van der Waals surface area contributed by atoms with E-state index >= 15 is 0 Å². The lowest BCUT2D eigenvalue weighted by Crippen LogP contribution is -2.24. The second-order valence-corrected chi connectivity index (χ2v) is 2.50. The van der Waals surface area contributed by atoms with Gasteiger partial charge in [0.15, 0.2) is 0 Å². The van der Waals surface area contributed by atoms with Crippen molar-refractivity contribution in [2.75, 3.05) is 7.11 Å². The van der Waals surface area contributed by atoms with Crippen LogP contribution in [0.3, 0.4) is 0 Å². The lowest BCUT2D eigenvalue weighted by molar-refractivity contribution is 0.238. The zero-order valence-corrected chi connectivity index (χ0v) is 7.28. The third-order valence-corrected chi connectivity index (χ3v) is 1.58. The molecule has 0 bridgehead atoms. The van der Waals surface area contributed by atoms with E-state index in [1.165, 1.54) is 7.11 Å². The van der Waals surface area contributed by atoms with Gasteiger partial charge in [0.25, 0.3) is 0 Å². The normalized spacial score (nSPS) is 9.58. The molecule has 0 aromatic heterocycles. The van der Waals surface area contributed by atoms with Gasteiger partial charge in [0.1, 0.15) is 5.75 Å². The molecule has 0 fully saturated rings. The molecule has 12 heavy (non-hydrogen) atoms. The van der Waals surface area contributed by atoms with Crippen LogP contribution in [0.1, 0.15) is 0 Å². The van der Waals surface area contributed by atoms with E-state index in [-0.39, 0.29) is 0 Å². The van der Waals surface area contributed by atoms with Crippen molar-refractivity contribution in [2.45, 2.75) is 0 Å². The summed E-state index contributed by atoms with van der Waals surface area (Å²) in [7, 11) is 0.0616. The van der Waals surface area contributed by atoms with Crippen LogP contribution in [-0.4, -0.2) is 19.5 Å². The van der Waals surface area contributed by atoms with Gasteiger partial charge in [-0.25, -0.2) is 0 Å². The molecule has 0 aliphatic heterocycles. The van der Waals surface area contributed by atoms with E-state index in [1.807, 2.05) is 0 Å². The molecule has 0 aliphatic rings. The Morgan fingerprint density at radius 1 is 1.42 bits per heavy atom. The number of benzene rings is 1. The summed E-state index contributed by atoms with van der Waals surface area (Å²) in [6.45, 7) is 0. The molecular weight excluding hydrogens is 178 g/mol. The molecule has 0 heterocycles. The van der Waals surface area contributed by atoms with Gasteiger partial charge < -0.3 is 14.3 Å². The average Bonchev–Trinajstić information content (AvgIpc) is 2.09. The van der Waals surface area contributed by atoms with Crippen molar-refractivity contribution >= 4 is 18.9 Å². The second kappa shape index (κ2) is 4.35. The van der Waals surface area contributed by atoms with Crippen LogP contribution in [-0.2, 0) is 4.65 Å². The summed E-state index contributed by atoms with van der Waals surface area (Å²) in [5, 5.41) is 9.37. The van der Waals surface area contributed by atoms with E-state index in [4.69, 9.17) is 21.3 Å². The van der Waals surface area contributed by atoms with Gasteiger partial charge >= 0.3 is 7.32 Å². The van der Waals surface area contributed by atoms with Crippen molar-refractivity contribution in [3.63, 3.8) is 0 Å². The van der Waals surface area contributed by atoms with Crippen LogP contribution < -0.4 is 4.65 Å². The van der Waals surface area contributed by atoms with Crippen molar-refractivity contribution < 1.29 is 14.3 Å². The number of halogens is 1. The number of para-hydroxylation sites is 1. The predicted octanol–water partition coefficient (Wildman–Crippen LogP) is 1.34. The van der Waals surface area contributed by atoms with E-state index in [0.29, 0.717) is 10.8 Å². The van der Waals surface area contributed by atoms with Crippen molar-refractivity contribution in [2.24, 2.45) is 0 Å². The maximum Gasteiger partial charge on any atom is 0.710 e. The van der Waals surface area contributed by atoms with Crippen LogP contribution >= 0.6 is 11.6 Å². The standard InChI is InChI=1S/C7H8BClO3/c1-11-8(10)12-7-5-3-2-4-6(7)9/h2-5,10H,1H3. The first-order chi connectivity index (χ1) is 5.74. The molecule has 0 atom stereocenters. The SMILES string of the molecule is COB(O)Oc1ccccc1Cl. The van der Waals surface area contributed by atoms with E-state index in [2.05, 4.69) is 4.65 Å². The number of rotatable bonds is 3. The fourth-order valence-electron chi connectivity index (χ4n) is 0.697. The highest BCUT2D eigenvalue weighted by molar-refractivity contribution is 6.37. The zero-order valence-electron chi connectivity index (χ0n) is 6.53. The highest BCUT2D eigenvalue weighted by atomic mass is 35.5. The van der Waals surface area contributed by atoms with Gasteiger partial charge in [-0.15, -0.1) is 0 Å². The number of hydrogen-bond acceptors (Lipinski definition) is 3. The molecule has 1 aromatic carbocycles. The van der Waals surface area contributed by atoms with Gasteiger partial charge in [0, 0.05) is 7.11 Å². The van der Waals surface area contributed by atoms with Crippen LogP contribution in [0.5, 0.6) is 5.75 Å². The highest BCUT2D eigenvalue weighted by Crippen LogP contribution is 2.23. The molecule has 1 N–H and O–H groups in total. The van der Waals surface area contributed by atoms with Crippen molar-refractivity contribution in [3.8, 4) is 5.75 Å². The molecule has 1 rings (SSSR count). The lowest BCUT2D eigenvalue weighted by Gasteiger charge is -2.07. The van der Waals surface area contributed by atoms with Gasteiger partial charge in [0.05, 0.1) is 5.02 Å². The molecule has 64 valence electrons. The molecule has 3 nitrogen and oxygen atoms in total. The molecule has 5 heteroatoms. The van der Waals surface area contributed by atoms with Gasteiger partial charge in [-0.3, -0.25) is 0 Å². The van der Waals surface area contributed by atoms with Crippen molar-refractivity contribution in [3.05, 3.63) is 29.3 Å². The predicted molar refractivity (Wildman–Crippen MR) is 47.1 cm³/mol. The van der Waals surface area contributed by atoms with Crippen LogP contribution in [0.4, 0.5) is 0 Å². The smallest absolute Gasteiger partial charge is 0.511 e. The van der Waals surface area contributed by atoms with Crippen LogP contribution in [0, 0.1) is 0 Å². The van der Waals surface area contributed by atoms with Gasteiger partial charge in [-0.2, -0.15) is 0 Å². The maximum absolute atomic E-state index is 8.93. The van der Waals surface area contributed by atoms with E-state index in [0.717, 1.165) is 0 Å². The second-order valence-electron chi connectivity index (χ2n) is 2.09. The molecule has 1 aromatic rings. The summed E-state index contributed by atoms with van der Waals surface area (Å²) >= 11 is 5.73. The molecule has 0 radical (unpaired) electrons. The fourth-order valence-corrected chi connectivity index (χ4v) is 0.877. The first kappa shape index (κ1) is 9.38. The van der Waals surface area contributed by atoms with Gasteiger partial charge in [0.2, 0.25) is 0 Å². The Hall–Kier alpha value is -0.705. The Bertz CT molecular complexity index is 256. The minimum atomic E-state index is -1.27. The molecule has 0 amide bonds. The summed E-state index contributed by atoms with van der Waals surface area (Å²) in [6.07, 6.45) is 0. The highest BCUT2D eigenvalue weighted by Gasteiger charge is 2.16. The minimum absolute atomic E-state index is 0.397. The van der Waals surface area contributed by atoms with Crippen LogP contribution in [0.25, 0.3) is 0 Å².